The minimum atomic E-state index is -0.685. The van der Waals surface area contributed by atoms with Gasteiger partial charge in [0.1, 0.15) is 0 Å². The summed E-state index contributed by atoms with van der Waals surface area (Å²) in [6.07, 6.45) is -0.391. The van der Waals surface area contributed by atoms with Crippen molar-refractivity contribution in [3.63, 3.8) is 0 Å². The lowest BCUT2D eigenvalue weighted by Crippen LogP contribution is -2.61. The first-order valence-electron chi connectivity index (χ1n) is 10.2. The molecule has 0 fully saturated rings. The van der Waals surface area contributed by atoms with Crippen molar-refractivity contribution in [3.05, 3.63) is 56.8 Å². The molecule has 10 heteroatoms. The Labute approximate surface area is 196 Å². The fourth-order valence-electron chi connectivity index (χ4n) is 4.03. The highest BCUT2D eigenvalue weighted by molar-refractivity contribution is 9.10. The molecule has 0 bridgehead atoms. The van der Waals surface area contributed by atoms with Gasteiger partial charge in [0.2, 0.25) is 17.9 Å². The first-order chi connectivity index (χ1) is 15.5. The topological polar surface area (TPSA) is 88.4 Å². The molecule has 2 aliphatic heterocycles. The summed E-state index contributed by atoms with van der Waals surface area (Å²) in [5, 5.41) is 5.25. The highest BCUT2D eigenvalue weighted by Gasteiger charge is 2.46. The van der Waals surface area contributed by atoms with Crippen LogP contribution in [0.15, 0.2) is 50.8 Å². The maximum atomic E-state index is 13.3. The molecule has 1 N–H and O–H groups in total. The number of thioether (sulfide) groups is 1. The Morgan fingerprint density at radius 1 is 1.28 bits per heavy atom. The molecule has 1 amide bonds. The number of carbonyl (C=O) groups is 1. The van der Waals surface area contributed by atoms with Crippen LogP contribution in [0.2, 0.25) is 0 Å². The van der Waals surface area contributed by atoms with Crippen molar-refractivity contribution in [3.8, 4) is 22.8 Å². The number of amides is 1. The number of hydrogen-bond donors (Lipinski definition) is 1. The van der Waals surface area contributed by atoms with Crippen molar-refractivity contribution in [2.75, 3.05) is 17.4 Å². The molecule has 3 aromatic rings. The van der Waals surface area contributed by atoms with Gasteiger partial charge in [-0.2, -0.15) is 0 Å². The molecule has 0 saturated heterocycles. The summed E-state index contributed by atoms with van der Waals surface area (Å²) in [6, 6.07) is 11.1. The highest BCUT2D eigenvalue weighted by atomic mass is 79.9. The number of para-hydroxylation sites is 1. The number of rotatable bonds is 4. The van der Waals surface area contributed by atoms with E-state index >= 15 is 0 Å². The van der Waals surface area contributed by atoms with Crippen molar-refractivity contribution in [1.82, 2.24) is 10.1 Å². The first kappa shape index (κ1) is 21.0. The summed E-state index contributed by atoms with van der Waals surface area (Å²) in [4.78, 5) is 31.1. The van der Waals surface area contributed by atoms with E-state index < -0.39 is 6.17 Å². The van der Waals surface area contributed by atoms with Crippen LogP contribution in [0, 0.1) is 0 Å². The highest BCUT2D eigenvalue weighted by Crippen LogP contribution is 2.43. The molecule has 0 unspecified atom stereocenters. The van der Waals surface area contributed by atoms with Gasteiger partial charge in [-0.3, -0.25) is 14.6 Å². The summed E-state index contributed by atoms with van der Waals surface area (Å²) in [7, 11) is 0. The van der Waals surface area contributed by atoms with E-state index in [0.717, 1.165) is 15.8 Å². The van der Waals surface area contributed by atoms with Crippen LogP contribution in [0.3, 0.4) is 0 Å². The van der Waals surface area contributed by atoms with Crippen molar-refractivity contribution in [2.45, 2.75) is 31.6 Å². The molecule has 3 heterocycles. The second-order valence-electron chi connectivity index (χ2n) is 7.22. The fraction of sp³-hybridized carbons (Fsp3) is 0.273. The van der Waals surface area contributed by atoms with Crippen molar-refractivity contribution in [1.29, 1.82) is 0 Å². The third-order valence-corrected chi connectivity index (χ3v) is 6.81. The lowest BCUT2D eigenvalue weighted by atomic mass is 10.0. The summed E-state index contributed by atoms with van der Waals surface area (Å²) < 4.78 is 13.5. The largest absolute Gasteiger partial charge is 0.454 e. The number of halogens is 1. The van der Waals surface area contributed by atoms with E-state index in [-0.39, 0.29) is 18.3 Å². The van der Waals surface area contributed by atoms with Crippen molar-refractivity contribution in [2.24, 2.45) is 0 Å². The Bertz CT molecular complexity index is 1300. The second-order valence-corrected chi connectivity index (χ2v) is 9.33. The monoisotopic (exact) mass is 515 g/mol. The number of hydrogen-bond acceptors (Lipinski definition) is 6. The Kier molecular flexibility index (Phi) is 5.42. The summed E-state index contributed by atoms with van der Waals surface area (Å²) >= 11 is 5.07. The molecule has 32 heavy (non-hydrogen) atoms. The Morgan fingerprint density at radius 2 is 2.03 bits per heavy atom. The average Bonchev–Trinajstić information content (AvgIpc) is 3.24. The number of anilines is 1. The normalized spacial score (nSPS) is 16.0. The van der Waals surface area contributed by atoms with Gasteiger partial charge in [-0.05, 0) is 34.7 Å². The van der Waals surface area contributed by atoms with Gasteiger partial charge in [-0.1, -0.05) is 53.7 Å². The minimum Gasteiger partial charge on any atom is -0.454 e. The number of aromatic nitrogens is 3. The maximum absolute atomic E-state index is 13.3. The van der Waals surface area contributed by atoms with E-state index in [1.165, 1.54) is 11.8 Å². The van der Waals surface area contributed by atoms with Crippen LogP contribution in [0.1, 0.15) is 32.0 Å². The van der Waals surface area contributed by atoms with Gasteiger partial charge < -0.3 is 9.47 Å². The van der Waals surface area contributed by atoms with E-state index in [9.17, 15) is 9.59 Å². The zero-order chi connectivity index (χ0) is 22.4. The third kappa shape index (κ3) is 3.29. The van der Waals surface area contributed by atoms with E-state index in [1.54, 1.807) is 9.58 Å². The number of ether oxygens (including phenoxy) is 2. The van der Waals surface area contributed by atoms with Crippen LogP contribution in [-0.4, -0.2) is 28.5 Å². The summed E-state index contributed by atoms with van der Waals surface area (Å²) in [5.41, 5.74) is 2.20. The van der Waals surface area contributed by atoms with Crippen LogP contribution >= 0.6 is 27.7 Å². The van der Waals surface area contributed by atoms with Crippen molar-refractivity contribution < 1.29 is 19.0 Å². The minimum absolute atomic E-state index is 0.0862. The van der Waals surface area contributed by atoms with Gasteiger partial charge in [0, 0.05) is 16.0 Å². The Balaban J connectivity index is 1.84. The molecule has 0 spiro atoms. The molecule has 0 saturated carbocycles. The Hall–Kier alpha value is -2.85. The molecular formula is C22H20BrN4O4S+. The third-order valence-electron chi connectivity index (χ3n) is 5.38. The van der Waals surface area contributed by atoms with E-state index in [2.05, 4.69) is 20.9 Å². The molecule has 2 aromatic carbocycles. The molecule has 1 atom stereocenters. The fourth-order valence-corrected chi connectivity index (χ4v) is 5.14. The zero-order valence-corrected chi connectivity index (χ0v) is 19.8. The van der Waals surface area contributed by atoms with E-state index in [4.69, 9.17) is 14.6 Å². The number of nitrogens with zero attached hydrogens (tertiary/aromatic N) is 3. The molecule has 2 aliphatic rings. The van der Waals surface area contributed by atoms with Gasteiger partial charge in [-0.25, -0.2) is 4.90 Å². The van der Waals surface area contributed by atoms with Crippen LogP contribution < -0.4 is 24.6 Å². The molecule has 0 radical (unpaired) electrons. The number of aromatic amines is 1. The SMILES string of the molecule is CCSc1n[n+]2c(c(=O)[nH]1)-c1ccccc1N(C(=O)CC)[C@H]2c1cc2c(cc1Br)OCO2. The molecule has 5 rings (SSSR count). The summed E-state index contributed by atoms with van der Waals surface area (Å²) in [5.74, 6) is 1.86. The first-order valence-corrected chi connectivity index (χ1v) is 12.0. The Morgan fingerprint density at radius 3 is 2.78 bits per heavy atom. The van der Waals surface area contributed by atoms with Gasteiger partial charge in [0.05, 0.1) is 16.8 Å². The van der Waals surface area contributed by atoms with Crippen LogP contribution in [0.25, 0.3) is 11.3 Å². The zero-order valence-electron chi connectivity index (χ0n) is 17.4. The van der Waals surface area contributed by atoms with Gasteiger partial charge in [-0.15, -0.1) is 0 Å². The summed E-state index contributed by atoms with van der Waals surface area (Å²) in [6.45, 7) is 3.94. The lowest BCUT2D eigenvalue weighted by Gasteiger charge is -2.32. The number of carbonyl (C=O) groups excluding carboxylic acids is 1. The lowest BCUT2D eigenvalue weighted by molar-refractivity contribution is -0.763. The predicted octanol–water partition coefficient (Wildman–Crippen LogP) is 3.63. The van der Waals surface area contributed by atoms with E-state index in [1.807, 2.05) is 50.2 Å². The second kappa shape index (κ2) is 8.25. The number of fused-ring (bicyclic) bond motifs is 4. The predicted molar refractivity (Wildman–Crippen MR) is 123 cm³/mol. The number of benzene rings is 2. The van der Waals surface area contributed by atoms with Gasteiger partial charge >= 0.3 is 11.3 Å². The van der Waals surface area contributed by atoms with Crippen molar-refractivity contribution >= 4 is 39.3 Å². The number of H-pyrrole nitrogens is 1. The molecule has 0 aliphatic carbocycles. The molecule has 164 valence electrons. The molecular weight excluding hydrogens is 496 g/mol. The molecule has 8 nitrogen and oxygen atoms in total. The smallest absolute Gasteiger partial charge is 0.325 e. The molecule has 1 aromatic heterocycles. The van der Waals surface area contributed by atoms with Gasteiger partial charge in [0.15, 0.2) is 11.5 Å². The van der Waals surface area contributed by atoms with E-state index in [0.29, 0.717) is 40.0 Å². The van der Waals surface area contributed by atoms with Crippen LogP contribution in [-0.2, 0) is 4.79 Å². The number of nitrogens with one attached hydrogen (secondary N) is 1. The average molecular weight is 516 g/mol. The maximum Gasteiger partial charge on any atom is 0.325 e. The van der Waals surface area contributed by atoms with Crippen LogP contribution in [0.5, 0.6) is 11.5 Å². The van der Waals surface area contributed by atoms with Crippen LogP contribution in [0.4, 0.5) is 5.69 Å². The van der Waals surface area contributed by atoms with Gasteiger partial charge in [0.25, 0.3) is 6.17 Å². The quantitative estimate of drug-likeness (QED) is 0.421. The standard InChI is InChI=1S/C22H19BrN4O4S/c1-3-18(28)26-15-8-6-5-7-12(15)19-20(29)24-22(32-4-2)25-27(19)21(26)13-9-16-17(10-14(13)23)31-11-30-16/h5-10,21H,3-4,11H2,1-2H3/p+1/t21-/m1/s1.